The van der Waals surface area contributed by atoms with Gasteiger partial charge in [-0.2, -0.15) is 0 Å². The Morgan fingerprint density at radius 3 is 2.31 bits per heavy atom. The second kappa shape index (κ2) is 8.45. The fraction of sp³-hybridized carbons (Fsp3) is 0.292. The molecule has 3 rings (SSSR count). The lowest BCUT2D eigenvalue weighted by atomic mass is 10.0. The molecule has 2 N–H and O–H groups in total. The maximum absolute atomic E-state index is 14.5. The van der Waals surface area contributed by atoms with E-state index in [2.05, 4.69) is 5.32 Å². The summed E-state index contributed by atoms with van der Waals surface area (Å²) in [6, 6.07) is 9.63. The molecule has 0 radical (unpaired) electrons. The number of carbonyl (C=O) groups is 3. The molecule has 0 unspecified atom stereocenters. The molecule has 0 saturated heterocycles. The topological polar surface area (TPSA) is 97.6 Å². The fourth-order valence-electron chi connectivity index (χ4n) is 3.55. The number of carboxylic acid groups (broad SMARTS) is 1. The average molecular weight is 440 g/mol. The highest BCUT2D eigenvalue weighted by Crippen LogP contribution is 2.32. The molecule has 0 aliphatic rings. The van der Waals surface area contributed by atoms with Crippen LogP contribution < -0.4 is 10.1 Å². The molecule has 0 bridgehead atoms. The molecule has 168 valence electrons. The first-order valence-electron chi connectivity index (χ1n) is 9.99. The lowest BCUT2D eigenvalue weighted by molar-refractivity contribution is -0.145. The molecule has 1 heterocycles. The number of amides is 1. The molecule has 1 amide bonds. The lowest BCUT2D eigenvalue weighted by Gasteiger charge is -2.21. The lowest BCUT2D eigenvalue weighted by Crippen LogP contribution is -2.50. The predicted molar refractivity (Wildman–Crippen MR) is 118 cm³/mol. The van der Waals surface area contributed by atoms with E-state index in [9.17, 15) is 23.9 Å². The zero-order chi connectivity index (χ0) is 23.8. The van der Waals surface area contributed by atoms with Gasteiger partial charge in [-0.3, -0.25) is 14.2 Å². The smallest absolute Gasteiger partial charge is 0.328 e. The molecule has 0 fully saturated rings. The van der Waals surface area contributed by atoms with Crippen molar-refractivity contribution in [3.05, 3.63) is 64.6 Å². The van der Waals surface area contributed by atoms with Gasteiger partial charge in [-0.15, -0.1) is 0 Å². The van der Waals surface area contributed by atoms with Crippen LogP contribution in [0.2, 0.25) is 0 Å². The van der Waals surface area contributed by atoms with Crippen LogP contribution in [0.4, 0.5) is 4.39 Å². The molecular weight excluding hydrogens is 415 g/mol. The summed E-state index contributed by atoms with van der Waals surface area (Å²) in [4.78, 5) is 37.3. The minimum Gasteiger partial charge on any atom is -0.494 e. The van der Waals surface area contributed by atoms with Gasteiger partial charge in [0.1, 0.15) is 5.54 Å². The molecule has 0 aliphatic carbocycles. The third-order valence-electron chi connectivity index (χ3n) is 5.43. The highest BCUT2D eigenvalue weighted by Gasteiger charge is 2.30. The molecule has 0 aliphatic heterocycles. The van der Waals surface area contributed by atoms with Gasteiger partial charge in [-0.05, 0) is 51.5 Å². The van der Waals surface area contributed by atoms with Crippen LogP contribution in [0.15, 0.2) is 36.4 Å². The number of rotatable bonds is 6. The number of benzene rings is 2. The van der Waals surface area contributed by atoms with E-state index in [0.29, 0.717) is 27.7 Å². The molecule has 0 atom stereocenters. The van der Waals surface area contributed by atoms with E-state index >= 15 is 0 Å². The summed E-state index contributed by atoms with van der Waals surface area (Å²) in [6.45, 7) is 6.33. The van der Waals surface area contributed by atoms with Crippen LogP contribution in [0, 0.1) is 19.7 Å². The molecule has 32 heavy (non-hydrogen) atoms. The van der Waals surface area contributed by atoms with E-state index in [4.69, 9.17) is 4.74 Å². The largest absolute Gasteiger partial charge is 0.494 e. The summed E-state index contributed by atoms with van der Waals surface area (Å²) in [5, 5.41) is 12.2. The Bertz CT molecular complexity index is 1230. The molecular formula is C24H25FN2O5. The Hall–Kier alpha value is -3.68. The first kappa shape index (κ1) is 23.0. The number of halogens is 1. The van der Waals surface area contributed by atoms with Crippen LogP contribution in [0.25, 0.3) is 10.9 Å². The van der Waals surface area contributed by atoms with Crippen molar-refractivity contribution in [2.45, 2.75) is 39.7 Å². The van der Waals surface area contributed by atoms with E-state index in [1.807, 2.05) is 6.92 Å². The Balaban J connectivity index is 2.15. The number of hydrogen-bond donors (Lipinski definition) is 2. The minimum atomic E-state index is -1.47. The highest BCUT2D eigenvalue weighted by molar-refractivity contribution is 6.05. The molecule has 8 heteroatoms. The number of nitrogens with zero attached hydrogens (tertiary/aromatic N) is 1. The number of fused-ring (bicyclic) bond motifs is 1. The van der Waals surface area contributed by atoms with Crippen molar-refractivity contribution in [3.63, 3.8) is 0 Å². The number of aryl methyl sites for hydroxylation is 1. The number of ether oxygens (including phenoxy) is 1. The van der Waals surface area contributed by atoms with Gasteiger partial charge in [0, 0.05) is 22.7 Å². The molecule has 3 aromatic rings. The Labute approximate surface area is 184 Å². The molecule has 0 spiro atoms. The van der Waals surface area contributed by atoms with Crippen LogP contribution in [0.5, 0.6) is 5.75 Å². The third-order valence-corrected chi connectivity index (χ3v) is 5.43. The van der Waals surface area contributed by atoms with Gasteiger partial charge in [0.25, 0.3) is 5.91 Å². The summed E-state index contributed by atoms with van der Waals surface area (Å²) in [5.74, 6) is -2.74. The SMILES string of the molecule is COc1cc2c(CC(=O)NC(C)(C)C(=O)O)c(C)n(C(=O)c3ccc(C)cc3)c2cc1F. The second-order valence-electron chi connectivity index (χ2n) is 8.23. The number of nitrogens with one attached hydrogen (secondary N) is 1. The van der Waals surface area contributed by atoms with Crippen LogP contribution in [-0.2, 0) is 16.0 Å². The maximum atomic E-state index is 14.5. The van der Waals surface area contributed by atoms with Gasteiger partial charge >= 0.3 is 5.97 Å². The number of methoxy groups -OCH3 is 1. The zero-order valence-corrected chi connectivity index (χ0v) is 18.6. The van der Waals surface area contributed by atoms with Crippen LogP contribution in [0.3, 0.4) is 0 Å². The molecule has 2 aromatic carbocycles. The molecule has 0 saturated carbocycles. The van der Waals surface area contributed by atoms with Gasteiger partial charge < -0.3 is 15.2 Å². The number of hydrogen-bond acceptors (Lipinski definition) is 4. The summed E-state index contributed by atoms with van der Waals surface area (Å²) >= 11 is 0. The number of carboxylic acids is 1. The first-order valence-corrected chi connectivity index (χ1v) is 9.99. The summed E-state index contributed by atoms with van der Waals surface area (Å²) < 4.78 is 21.0. The standard InChI is InChI=1S/C24H25FN2O5/c1-13-6-8-15(9-7-13)22(29)27-14(2)16(11-21(28)26-24(3,4)23(30)31)17-10-20(32-5)18(25)12-19(17)27/h6-10,12H,11H2,1-5H3,(H,26,28)(H,30,31). The fourth-order valence-corrected chi connectivity index (χ4v) is 3.55. The second-order valence-corrected chi connectivity index (χ2v) is 8.23. The van der Waals surface area contributed by atoms with E-state index in [0.717, 1.165) is 5.56 Å². The first-order chi connectivity index (χ1) is 15.0. The number of aromatic nitrogens is 1. The Morgan fingerprint density at radius 2 is 1.75 bits per heavy atom. The maximum Gasteiger partial charge on any atom is 0.328 e. The summed E-state index contributed by atoms with van der Waals surface area (Å²) in [5.41, 5.74) is 1.18. The van der Waals surface area contributed by atoms with E-state index in [1.54, 1.807) is 31.2 Å². The van der Waals surface area contributed by atoms with Gasteiger partial charge in [-0.25, -0.2) is 9.18 Å². The van der Waals surface area contributed by atoms with Gasteiger partial charge in [0.05, 0.1) is 19.0 Å². The van der Waals surface area contributed by atoms with Crippen LogP contribution >= 0.6 is 0 Å². The monoisotopic (exact) mass is 440 g/mol. The Kier molecular flexibility index (Phi) is 6.07. The van der Waals surface area contributed by atoms with Gasteiger partial charge in [-0.1, -0.05) is 17.7 Å². The van der Waals surface area contributed by atoms with Crippen molar-refractivity contribution in [1.29, 1.82) is 0 Å². The Morgan fingerprint density at radius 1 is 1.12 bits per heavy atom. The van der Waals surface area contributed by atoms with Crippen molar-refractivity contribution in [2.75, 3.05) is 7.11 Å². The zero-order valence-electron chi connectivity index (χ0n) is 18.6. The minimum absolute atomic E-state index is 0.0232. The summed E-state index contributed by atoms with van der Waals surface area (Å²) in [7, 11) is 1.33. The summed E-state index contributed by atoms with van der Waals surface area (Å²) in [6.07, 6.45) is -0.192. The van der Waals surface area contributed by atoms with E-state index < -0.39 is 23.2 Å². The number of carbonyl (C=O) groups excluding carboxylic acids is 2. The normalized spacial score (nSPS) is 11.4. The van der Waals surface area contributed by atoms with E-state index in [1.165, 1.54) is 37.7 Å². The van der Waals surface area contributed by atoms with Crippen molar-refractivity contribution in [1.82, 2.24) is 9.88 Å². The average Bonchev–Trinajstić information content (AvgIpc) is 2.97. The van der Waals surface area contributed by atoms with Crippen molar-refractivity contribution < 1.29 is 28.6 Å². The highest BCUT2D eigenvalue weighted by atomic mass is 19.1. The predicted octanol–water partition coefficient (Wildman–Crippen LogP) is 3.62. The van der Waals surface area contributed by atoms with Crippen LogP contribution in [0.1, 0.15) is 41.0 Å². The van der Waals surface area contributed by atoms with Crippen molar-refractivity contribution in [3.8, 4) is 5.75 Å². The van der Waals surface area contributed by atoms with Crippen molar-refractivity contribution >= 4 is 28.7 Å². The molecule has 7 nitrogen and oxygen atoms in total. The third kappa shape index (κ3) is 4.21. The number of aliphatic carboxylic acids is 1. The van der Waals surface area contributed by atoms with Crippen molar-refractivity contribution in [2.24, 2.45) is 0 Å². The van der Waals surface area contributed by atoms with E-state index in [-0.39, 0.29) is 18.1 Å². The molecule has 1 aromatic heterocycles. The van der Waals surface area contributed by atoms with Crippen LogP contribution in [-0.4, -0.2) is 40.1 Å². The van der Waals surface area contributed by atoms with Gasteiger partial charge in [0.15, 0.2) is 11.6 Å². The van der Waals surface area contributed by atoms with Gasteiger partial charge in [0.2, 0.25) is 5.91 Å². The quantitative estimate of drug-likeness (QED) is 0.610.